The van der Waals surface area contributed by atoms with Gasteiger partial charge in [-0.3, -0.25) is 13.2 Å². The minimum absolute atomic E-state index is 0. The normalized spacial score (nSPS) is 9.24. The first-order chi connectivity index (χ1) is 23.3. The zero-order valence-corrected chi connectivity index (χ0v) is 38.7. The third-order valence-corrected chi connectivity index (χ3v) is 6.41. The fourth-order valence-electron chi connectivity index (χ4n) is 4.03. The molecule has 0 aliphatic carbocycles. The van der Waals surface area contributed by atoms with Crippen molar-refractivity contribution in [1.29, 1.82) is 0 Å². The van der Waals surface area contributed by atoms with Gasteiger partial charge in [-0.2, -0.15) is 0 Å². The van der Waals surface area contributed by atoms with Crippen LogP contribution in [-0.2, 0) is 4.79 Å². The molecule has 6 heterocycles. The average molecular weight is 1200 g/mol. The van der Waals surface area contributed by atoms with Crippen LogP contribution in [0.4, 0.5) is 2.86 Å². The van der Waals surface area contributed by atoms with Gasteiger partial charge >= 0.3 is 80.6 Å². The van der Waals surface area contributed by atoms with Crippen molar-refractivity contribution in [3.8, 4) is 0 Å². The number of fused-ring (bicyclic) bond motifs is 3. The summed E-state index contributed by atoms with van der Waals surface area (Å²) in [6.45, 7) is 21.5. The number of aliphatic hydroxyl groups excluding tert-OH is 1. The predicted octanol–water partition coefficient (Wildman–Crippen LogP) is 3.07. The number of imidazole rings is 3. The Hall–Kier alpha value is -0.985. The van der Waals surface area contributed by atoms with Crippen molar-refractivity contribution in [2.24, 2.45) is 0 Å². The number of hydrogen-bond donors (Lipinski definition) is 1. The predicted molar refractivity (Wildman–Crippen MR) is 215 cm³/mol. The molecule has 0 saturated carbocycles. The van der Waals surface area contributed by atoms with Crippen LogP contribution in [0.15, 0.2) is 50.3 Å². The van der Waals surface area contributed by atoms with E-state index in [1.54, 1.807) is 44.1 Å². The Morgan fingerprint density at radius 2 is 0.900 bits per heavy atom. The summed E-state index contributed by atoms with van der Waals surface area (Å²) in [7, 11) is 0. The number of halogens is 8. The monoisotopic (exact) mass is 1200 g/mol. The van der Waals surface area contributed by atoms with Crippen LogP contribution in [0.1, 0.15) is 48.9 Å². The molecule has 0 bridgehead atoms. The van der Waals surface area contributed by atoms with Crippen LogP contribution >= 0.6 is 72.0 Å². The molecule has 0 fully saturated rings. The van der Waals surface area contributed by atoms with E-state index in [4.69, 9.17) is 50.4 Å². The van der Waals surface area contributed by atoms with Crippen LogP contribution in [0, 0.1) is 41.5 Å². The third kappa shape index (κ3) is 16.8. The summed E-state index contributed by atoms with van der Waals surface area (Å²) >= 11 is 20.7. The molecule has 0 aliphatic rings. The van der Waals surface area contributed by atoms with Crippen molar-refractivity contribution >= 4 is 101 Å². The van der Waals surface area contributed by atoms with Crippen molar-refractivity contribution in [3.63, 3.8) is 0 Å². The van der Waals surface area contributed by atoms with Crippen molar-refractivity contribution in [3.05, 3.63) is 100 Å². The Labute approximate surface area is 350 Å². The second kappa shape index (κ2) is 30.5. The Morgan fingerprint density at radius 1 is 0.720 bits per heavy atom. The van der Waals surface area contributed by atoms with E-state index in [0.29, 0.717) is 15.5 Å². The molecule has 50 heavy (non-hydrogen) atoms. The number of aromatic nitrogens is 9. The Kier molecular flexibility index (Phi) is 32.5. The van der Waals surface area contributed by atoms with Gasteiger partial charge in [-0.15, -0.1) is 13.2 Å². The Morgan fingerprint density at radius 3 is 1.06 bits per heavy atom. The van der Waals surface area contributed by atoms with Gasteiger partial charge < -0.3 is 9.90 Å². The Bertz CT molecular complexity index is 1630. The molecule has 6 rings (SSSR count). The summed E-state index contributed by atoms with van der Waals surface area (Å²) in [5, 5.41) is 9.10. The molecule has 11 nitrogen and oxygen atoms in total. The maximum atomic E-state index is 10.4. The molecule has 6 aromatic rings. The second-order valence-corrected chi connectivity index (χ2v) is 15.6. The third-order valence-electron chi connectivity index (χ3n) is 5.58. The minimum atomic E-state index is -0.940. The maximum absolute atomic E-state index is 10.4. The number of carbonyl (C=O) groups is 1. The van der Waals surface area contributed by atoms with E-state index in [0.717, 1.165) is 51.1 Å². The first-order valence-electron chi connectivity index (χ1n) is 13.4. The van der Waals surface area contributed by atoms with Gasteiger partial charge in [-0.05, 0) is 48.5 Å². The molecule has 0 unspecified atom stereocenters. The topological polar surface area (TPSA) is 128 Å². The summed E-state index contributed by atoms with van der Waals surface area (Å²) in [5.41, 5.74) is 10.4. The van der Waals surface area contributed by atoms with Crippen LogP contribution in [0.5, 0.6) is 0 Å². The Balaban J connectivity index is -0.000000562. The van der Waals surface area contributed by atoms with E-state index >= 15 is 0 Å². The average Bonchev–Trinajstić information content (AvgIpc) is 3.66. The van der Waals surface area contributed by atoms with Gasteiger partial charge in [0.05, 0.1) is 17.1 Å². The zero-order valence-electron chi connectivity index (χ0n) is 27.8. The number of nitrogens with zero attached hydrogens (tertiary/aromatic N) is 9. The molecule has 20 heteroatoms. The van der Waals surface area contributed by atoms with Crippen molar-refractivity contribution in [1.82, 2.24) is 43.1 Å². The molecule has 2 radical (unpaired) electrons. The van der Waals surface area contributed by atoms with Crippen molar-refractivity contribution in [2.75, 3.05) is 6.61 Å². The van der Waals surface area contributed by atoms with E-state index in [9.17, 15) is 2.86 Å². The quantitative estimate of drug-likeness (QED) is 0.140. The van der Waals surface area contributed by atoms with E-state index in [1.165, 1.54) is 0 Å². The van der Waals surface area contributed by atoms with E-state index in [1.807, 2.05) is 80.1 Å². The molecule has 0 aromatic carbocycles. The number of rotatable bonds is 0. The summed E-state index contributed by atoms with van der Waals surface area (Å²) < 4.78 is 16.2. The summed E-state index contributed by atoms with van der Waals surface area (Å²) in [4.78, 5) is 32.8. The van der Waals surface area contributed by atoms with E-state index < -0.39 is 17.8 Å². The van der Waals surface area contributed by atoms with Gasteiger partial charge in [0.25, 0.3) is 0 Å². The van der Waals surface area contributed by atoms with Gasteiger partial charge in [0, 0.05) is 43.8 Å². The first-order valence-corrected chi connectivity index (χ1v) is 29.2. The number of carbonyl (C=O) groups excluding carboxylic acids is 1. The molecule has 0 spiro atoms. The van der Waals surface area contributed by atoms with Crippen LogP contribution in [-0.4, -0.2) is 67.3 Å². The summed E-state index contributed by atoms with van der Waals surface area (Å²) in [6.07, 6.45) is 10.6. The number of aliphatic hydroxyl groups is 1. The second-order valence-electron chi connectivity index (χ2n) is 8.50. The fourth-order valence-corrected chi connectivity index (χ4v) is 4.88. The van der Waals surface area contributed by atoms with E-state index in [-0.39, 0.29) is 31.0 Å². The summed E-state index contributed by atoms with van der Waals surface area (Å²) in [6, 6.07) is 0. The molecule has 0 saturated heterocycles. The molecule has 0 aliphatic heterocycles. The van der Waals surface area contributed by atoms with Crippen molar-refractivity contribution in [2.45, 2.75) is 55.9 Å². The van der Waals surface area contributed by atoms with E-state index in [2.05, 4.69) is 61.7 Å². The zero-order chi connectivity index (χ0) is 38.3. The molecule has 6 aromatic heterocycles. The van der Waals surface area contributed by atoms with Gasteiger partial charge in [0.2, 0.25) is 0 Å². The molecular weight excluding hydrogens is 1160 g/mol. The molecule has 0 atom stereocenters. The van der Waals surface area contributed by atoms with Gasteiger partial charge in [0.1, 0.15) is 40.8 Å². The van der Waals surface area contributed by atoms with Gasteiger partial charge in [-0.25, -0.2) is 29.9 Å². The molecule has 278 valence electrons. The van der Waals surface area contributed by atoms with Gasteiger partial charge in [0.15, 0.2) is 15.5 Å². The van der Waals surface area contributed by atoms with Crippen LogP contribution in [0.2, 0.25) is 15.5 Å². The molecule has 1 N–H and O–H groups in total. The standard InChI is InChI=1S/3C8H8ClN3.C2H6O.C2H4.CH2O.CH4.BI2.FI2/c3*1-5-7-8(9)10-3-4-12(7)6(2)11-5;1-2-3;2*1-2;;2*1-3-2/h3*3-4H,1-2H3;3H,2H2,1H3;1-2H2;1H2;1H4;;/q;;;;;;;2*-1. The number of hydrogen-bond acceptors (Lipinski definition) is 8. The molecule has 0 amide bonds. The first kappa shape index (κ1) is 53.4. The van der Waals surface area contributed by atoms with Crippen molar-refractivity contribution < 1.29 is 47.6 Å². The van der Waals surface area contributed by atoms with Gasteiger partial charge in [-0.1, -0.05) is 42.2 Å². The fraction of sp³-hybridized carbons (Fsp3) is 0.300. The summed E-state index contributed by atoms with van der Waals surface area (Å²) in [5.74, 6) is 2.81. The number of aryl methyl sites for hydroxylation is 6. The van der Waals surface area contributed by atoms with Crippen LogP contribution in [0.25, 0.3) is 16.6 Å². The SMILES string of the molecule is C.C=C.C=O.CCO.Cc1nc(C)n2ccnc(Cl)c12.Cc1nc(C)n2ccnc(Cl)c12.Cc1nc(C)n2ccnc(Cl)c12.F[I-]I.[B][I-]I. The van der Waals surface area contributed by atoms with Crippen LogP contribution in [0.3, 0.4) is 0 Å². The van der Waals surface area contributed by atoms with Crippen LogP contribution < -0.4 is 34.8 Å². The molecular formula is C30H40BCl3FI4N9O2-2.